The largest absolute Gasteiger partial charge is 0.508 e. The van der Waals surface area contributed by atoms with Crippen molar-refractivity contribution in [3.05, 3.63) is 122 Å². The quantitative estimate of drug-likeness (QED) is 0.0598. The van der Waals surface area contributed by atoms with Gasteiger partial charge in [0.05, 0.1) is 27.2 Å². The van der Waals surface area contributed by atoms with Crippen molar-refractivity contribution in [1.82, 2.24) is 26.4 Å². The zero-order chi connectivity index (χ0) is 62.1. The molecule has 6 N–H and O–H groups in total. The van der Waals surface area contributed by atoms with E-state index in [4.69, 9.17) is 4.52 Å². The molecule has 8 atom stereocenters. The average molecular weight is 1330 g/mol. The van der Waals surface area contributed by atoms with Gasteiger partial charge in [0.15, 0.2) is 5.76 Å². The zero-order valence-corrected chi connectivity index (χ0v) is 59.7. The van der Waals surface area contributed by atoms with Crippen molar-refractivity contribution in [1.29, 1.82) is 0 Å². The van der Waals surface area contributed by atoms with E-state index < -0.39 is 13.7 Å². The van der Waals surface area contributed by atoms with E-state index in [1.165, 1.54) is 164 Å². The number of halogens is 1. The maximum absolute atomic E-state index is 10.8. The summed E-state index contributed by atoms with van der Waals surface area (Å²) in [5.41, 5.74) is 8.82. The number of rotatable bonds is 14. The number of nitrogens with one attached hydrogen (secondary N) is 4. The minimum absolute atomic E-state index is 0.142. The Morgan fingerprint density at radius 3 is 1.49 bits per heavy atom. The predicted molar refractivity (Wildman–Crippen MR) is 378 cm³/mol. The van der Waals surface area contributed by atoms with Crippen molar-refractivity contribution in [3.8, 4) is 17.1 Å². The number of phenols is 1. The summed E-state index contributed by atoms with van der Waals surface area (Å²) in [6.07, 6.45) is 32.8. The standard InChI is InChI=1S/C21H26N2O.C21H33NSi.C18H22BrNS2.C18H25NO2/c1-20-9-15-7-16(10-20)12-21(11-15,14-20)22-13-18-8-19(24-23-18)17-5-3-2-4-6-17;1-20-10-17-9-18(11-20)13-21(12-17,15-20)22-14-16-5-7-19(8-6-16)23(2,3)4;1-17-5-11-2-12(6-17)8-18(7-11,10-17)20-9-14-3-13-4-15(19)22-16(13)21-14;1-12-4-16(20)3-2-15(12)10-19-17-6-13-5-14(7-17)9-18(21,8-13)11-17/h2-6,8,15-16,22H,7,9-14H2,1H3;5-8,17-18,22H,9-15H2,1-4H3;3-4,11-12,20H,2,5-10H2,1H3;2-4,13-14,19-21H,5-11H2,1H3. The Balaban J connectivity index is 0.000000100. The molecule has 3 aromatic heterocycles. The number of thiophene rings is 2. The van der Waals surface area contributed by atoms with Crippen LogP contribution in [-0.2, 0) is 26.2 Å². The fourth-order valence-electron chi connectivity index (χ4n) is 24.4. The Morgan fingerprint density at radius 1 is 0.533 bits per heavy atom. The van der Waals surface area contributed by atoms with E-state index in [-0.39, 0.29) is 5.54 Å². The lowest BCUT2D eigenvalue weighted by Crippen LogP contribution is -2.64. The van der Waals surface area contributed by atoms with Crippen LogP contribution in [0.1, 0.15) is 202 Å². The number of aryl methyl sites for hydroxylation is 1. The van der Waals surface area contributed by atoms with E-state index in [0.29, 0.717) is 50.4 Å². The molecule has 12 heteroatoms. The van der Waals surface area contributed by atoms with Crippen LogP contribution in [0.15, 0.2) is 99.3 Å². The minimum Gasteiger partial charge on any atom is -0.508 e. The maximum atomic E-state index is 10.8. The van der Waals surface area contributed by atoms with Gasteiger partial charge < -0.3 is 36.0 Å². The molecule has 3 aromatic carbocycles. The molecule has 484 valence electrons. The second-order valence-electron chi connectivity index (χ2n) is 35.6. The molecule has 3 heterocycles. The molecule has 6 aromatic rings. The summed E-state index contributed by atoms with van der Waals surface area (Å²) < 4.78 is 8.26. The van der Waals surface area contributed by atoms with Gasteiger partial charge in [0, 0.05) is 70.2 Å². The van der Waals surface area contributed by atoms with Crippen molar-refractivity contribution in [2.45, 2.75) is 255 Å². The number of aromatic nitrogens is 1. The molecule has 22 rings (SSSR count). The second-order valence-corrected chi connectivity index (χ2v) is 44.6. The number of aliphatic hydroxyl groups is 1. The third-order valence-corrected chi connectivity index (χ3v) is 30.7. The van der Waals surface area contributed by atoms with E-state index in [1.807, 2.05) is 59.9 Å². The number of hydrogen-bond acceptors (Lipinski definition) is 10. The molecule has 0 radical (unpaired) electrons. The van der Waals surface area contributed by atoms with E-state index in [1.54, 1.807) is 11.3 Å². The Morgan fingerprint density at radius 2 is 1.01 bits per heavy atom. The second kappa shape index (κ2) is 23.6. The lowest BCUT2D eigenvalue weighted by molar-refractivity contribution is -0.142. The van der Waals surface area contributed by atoms with Crippen molar-refractivity contribution in [2.24, 2.45) is 63.6 Å². The average Bonchev–Trinajstić information content (AvgIpc) is 0.832. The molecule has 16 aliphatic rings. The first-order valence-electron chi connectivity index (χ1n) is 35.6. The van der Waals surface area contributed by atoms with Gasteiger partial charge in [0.1, 0.15) is 5.75 Å². The molecule has 0 saturated heterocycles. The Labute approximate surface area is 556 Å². The summed E-state index contributed by atoms with van der Waals surface area (Å²) in [6, 6.07) is 32.0. The Kier molecular flexibility index (Phi) is 16.5. The molecule has 16 saturated carbocycles. The summed E-state index contributed by atoms with van der Waals surface area (Å²) in [5, 5.41) is 43.3. The summed E-state index contributed by atoms with van der Waals surface area (Å²) in [5.74, 6) is 8.52. The van der Waals surface area contributed by atoms with E-state index in [2.05, 4.69) is 137 Å². The van der Waals surface area contributed by atoms with Crippen LogP contribution < -0.4 is 26.5 Å². The van der Waals surface area contributed by atoms with Gasteiger partial charge in [-0.2, -0.15) is 0 Å². The highest BCUT2D eigenvalue weighted by atomic mass is 79.9. The Bertz CT molecular complexity index is 3460. The van der Waals surface area contributed by atoms with Crippen LogP contribution in [0.2, 0.25) is 19.6 Å². The fraction of sp³-hybridized carbons (Fsp3) is 0.654. The molecule has 0 spiro atoms. The smallest absolute Gasteiger partial charge is 0.167 e. The molecule has 0 aliphatic heterocycles. The van der Waals surface area contributed by atoms with Crippen molar-refractivity contribution < 1.29 is 14.7 Å². The number of benzene rings is 3. The molecular weight excluding hydrogens is 1230 g/mol. The Hall–Kier alpha value is -3.17. The van der Waals surface area contributed by atoms with Gasteiger partial charge in [0.2, 0.25) is 0 Å². The first kappa shape index (κ1) is 62.9. The molecule has 16 bridgehead atoms. The van der Waals surface area contributed by atoms with Crippen LogP contribution >= 0.6 is 38.6 Å². The SMILES string of the molecule is CC12CC3CC(C1)CC(NCc1cc(-c4ccccc4)on1)(C3)C2.CC12CC3CC(C1)CC(NCc1cc4cc(Br)sc4s1)(C3)C2.CC12CC3CC(C1)CC(NCc1ccc([Si](C)(C)C)cc1)(C3)C2.Cc1cc(O)ccc1CNC12CC3CC(CC(O)(C3)C1)C2. The third kappa shape index (κ3) is 13.4. The molecule has 16 fully saturated rings. The fourth-order valence-corrected chi connectivity index (χ4v) is 28.8. The van der Waals surface area contributed by atoms with Crippen molar-refractivity contribution in [2.75, 3.05) is 0 Å². The van der Waals surface area contributed by atoms with E-state index >= 15 is 0 Å². The highest BCUT2D eigenvalue weighted by Gasteiger charge is 2.59. The van der Waals surface area contributed by atoms with Crippen LogP contribution in [0.3, 0.4) is 0 Å². The highest BCUT2D eigenvalue weighted by molar-refractivity contribution is 9.11. The van der Waals surface area contributed by atoms with Crippen LogP contribution in [0, 0.1) is 70.5 Å². The first-order chi connectivity index (χ1) is 42.8. The lowest BCUT2D eigenvalue weighted by atomic mass is 9.47. The van der Waals surface area contributed by atoms with Crippen LogP contribution in [0.25, 0.3) is 20.7 Å². The number of hydrogen-bond donors (Lipinski definition) is 6. The van der Waals surface area contributed by atoms with Gasteiger partial charge in [-0.05, 0) is 281 Å². The molecule has 90 heavy (non-hydrogen) atoms. The van der Waals surface area contributed by atoms with Crippen molar-refractivity contribution >= 4 is 61.3 Å². The normalized spacial score (nSPS) is 39.1. The molecule has 8 unspecified atom stereocenters. The number of nitrogens with zero attached hydrogens (tertiary/aromatic N) is 1. The maximum Gasteiger partial charge on any atom is 0.167 e. The van der Waals surface area contributed by atoms with Gasteiger partial charge >= 0.3 is 0 Å². The van der Waals surface area contributed by atoms with Gasteiger partial charge in [-0.25, -0.2) is 0 Å². The van der Waals surface area contributed by atoms with Gasteiger partial charge in [-0.3, -0.25) is 0 Å². The van der Waals surface area contributed by atoms with Gasteiger partial charge in [-0.15, -0.1) is 22.7 Å². The summed E-state index contributed by atoms with van der Waals surface area (Å²) in [7, 11) is -1.17. The minimum atomic E-state index is -1.17. The topological polar surface area (TPSA) is 115 Å². The summed E-state index contributed by atoms with van der Waals surface area (Å²) in [6.45, 7) is 20.7. The number of fused-ring (bicyclic) bond motifs is 1. The van der Waals surface area contributed by atoms with Gasteiger partial charge in [0.25, 0.3) is 0 Å². The third-order valence-electron chi connectivity index (χ3n) is 25.7. The molecule has 16 aliphatic carbocycles. The van der Waals surface area contributed by atoms with Crippen LogP contribution in [0.5, 0.6) is 5.75 Å². The van der Waals surface area contributed by atoms with Crippen molar-refractivity contribution in [3.63, 3.8) is 0 Å². The van der Waals surface area contributed by atoms with E-state index in [9.17, 15) is 10.2 Å². The first-order valence-corrected chi connectivity index (χ1v) is 41.6. The zero-order valence-electron chi connectivity index (χ0n) is 55.5. The summed E-state index contributed by atoms with van der Waals surface area (Å²) in [4.78, 5) is 1.51. The number of aromatic hydroxyl groups is 1. The molecule has 0 amide bonds. The summed E-state index contributed by atoms with van der Waals surface area (Å²) >= 11 is 7.43. The predicted octanol–water partition coefficient (Wildman–Crippen LogP) is 18.5. The van der Waals surface area contributed by atoms with Crippen LogP contribution in [0.4, 0.5) is 0 Å². The van der Waals surface area contributed by atoms with Crippen LogP contribution in [-0.4, -0.2) is 51.2 Å². The lowest BCUT2D eigenvalue weighted by Gasteiger charge is -2.61. The molecule has 8 nitrogen and oxygen atoms in total. The monoisotopic (exact) mass is 1330 g/mol. The van der Waals surface area contributed by atoms with E-state index in [0.717, 1.165) is 104 Å². The number of phenolic OH excluding ortho intramolecular Hbond substituents is 1. The molecular formula is C78H106BrN5O3S2Si. The van der Waals surface area contributed by atoms with Gasteiger partial charge in [-0.1, -0.05) is 111 Å². The highest BCUT2D eigenvalue weighted by Crippen LogP contribution is 2.64.